The molecule has 0 spiro atoms. The van der Waals surface area contributed by atoms with Crippen molar-refractivity contribution >= 4 is 5.97 Å². The number of rotatable bonds is 1. The molecule has 0 aromatic heterocycles. The second-order valence-corrected chi connectivity index (χ2v) is 4.76. The molecule has 18 heavy (non-hydrogen) atoms. The number of carbonyl (C=O) groups is 1. The Bertz CT molecular complexity index is 555. The van der Waals surface area contributed by atoms with Crippen molar-refractivity contribution < 1.29 is 28.2 Å². The van der Waals surface area contributed by atoms with Crippen molar-refractivity contribution in [1.29, 1.82) is 0 Å². The molecule has 1 aliphatic carbocycles. The number of alkyl halides is 2. The Kier molecular flexibility index (Phi) is 1.95. The Hall–Kier alpha value is -1.85. The van der Waals surface area contributed by atoms with Gasteiger partial charge in [-0.15, -0.1) is 8.78 Å². The van der Waals surface area contributed by atoms with E-state index in [2.05, 4.69) is 9.47 Å². The van der Waals surface area contributed by atoms with Gasteiger partial charge >= 0.3 is 12.3 Å². The molecule has 2 aliphatic rings. The topological polar surface area (TPSA) is 55.8 Å². The van der Waals surface area contributed by atoms with Crippen molar-refractivity contribution in [1.82, 2.24) is 0 Å². The summed E-state index contributed by atoms with van der Waals surface area (Å²) < 4.78 is 34.5. The number of aliphatic carboxylic acids is 1. The number of aryl methyl sites for hydroxylation is 1. The monoisotopic (exact) mass is 256 g/mol. The quantitative estimate of drug-likeness (QED) is 0.837. The van der Waals surface area contributed by atoms with Gasteiger partial charge in [-0.25, -0.2) is 0 Å². The predicted octanol–water partition coefficient (Wildman–Crippen LogP) is 2.30. The third-order valence-corrected chi connectivity index (χ3v) is 3.59. The first kappa shape index (κ1) is 11.3. The lowest BCUT2D eigenvalue weighted by atomic mass is 9.84. The molecule has 0 unspecified atom stereocenters. The van der Waals surface area contributed by atoms with Crippen LogP contribution >= 0.6 is 0 Å². The van der Waals surface area contributed by atoms with Gasteiger partial charge in [0.2, 0.25) is 0 Å². The maximum Gasteiger partial charge on any atom is 0.586 e. The second-order valence-electron chi connectivity index (χ2n) is 4.76. The molecule has 1 aromatic carbocycles. The van der Waals surface area contributed by atoms with Crippen molar-refractivity contribution in [3.8, 4) is 11.5 Å². The maximum atomic E-state index is 12.9. The van der Waals surface area contributed by atoms with Crippen LogP contribution in [-0.4, -0.2) is 17.4 Å². The predicted molar refractivity (Wildman–Crippen MR) is 56.0 cm³/mol. The van der Waals surface area contributed by atoms with Gasteiger partial charge in [0, 0.05) is 0 Å². The highest BCUT2D eigenvalue weighted by molar-refractivity contribution is 5.83. The molecule has 1 heterocycles. The van der Waals surface area contributed by atoms with E-state index in [1.165, 1.54) is 12.1 Å². The smallest absolute Gasteiger partial charge is 0.481 e. The Morgan fingerprint density at radius 3 is 2.56 bits per heavy atom. The molecule has 0 saturated heterocycles. The van der Waals surface area contributed by atoms with Crippen molar-refractivity contribution in [2.24, 2.45) is 0 Å². The summed E-state index contributed by atoms with van der Waals surface area (Å²) >= 11 is 0. The van der Waals surface area contributed by atoms with Crippen LogP contribution in [-0.2, 0) is 16.6 Å². The summed E-state index contributed by atoms with van der Waals surface area (Å²) in [5, 5.41) is 9.25. The van der Waals surface area contributed by atoms with Gasteiger partial charge in [0.1, 0.15) is 0 Å². The van der Waals surface area contributed by atoms with Gasteiger partial charge in [-0.3, -0.25) is 4.79 Å². The number of ether oxygens (including phenoxy) is 2. The van der Waals surface area contributed by atoms with E-state index >= 15 is 0 Å². The van der Waals surface area contributed by atoms with E-state index in [-0.39, 0.29) is 11.5 Å². The van der Waals surface area contributed by atoms with Crippen LogP contribution in [0.15, 0.2) is 12.1 Å². The number of halogens is 2. The van der Waals surface area contributed by atoms with E-state index in [4.69, 9.17) is 0 Å². The minimum atomic E-state index is -3.67. The molecule has 3 rings (SSSR count). The average molecular weight is 256 g/mol. The first-order valence-corrected chi connectivity index (χ1v) is 5.48. The summed E-state index contributed by atoms with van der Waals surface area (Å²) in [6, 6.07) is 2.80. The van der Waals surface area contributed by atoms with Crippen molar-refractivity contribution in [2.75, 3.05) is 0 Å². The van der Waals surface area contributed by atoms with Gasteiger partial charge in [0.05, 0.1) is 5.41 Å². The van der Waals surface area contributed by atoms with E-state index in [9.17, 15) is 18.7 Å². The Labute approximate surface area is 101 Å². The molecule has 96 valence electrons. The minimum Gasteiger partial charge on any atom is -0.481 e. The van der Waals surface area contributed by atoms with Gasteiger partial charge in [-0.2, -0.15) is 0 Å². The number of hydrogen-bond acceptors (Lipinski definition) is 3. The third-order valence-electron chi connectivity index (χ3n) is 3.59. The second kappa shape index (κ2) is 3.13. The SMILES string of the molecule is C[C@@]1(C(=O)O)CCc2cc3c(cc21)OC(F)(F)O3. The lowest BCUT2D eigenvalue weighted by molar-refractivity contribution is -0.286. The third kappa shape index (κ3) is 1.38. The average Bonchev–Trinajstić information content (AvgIpc) is 2.72. The number of hydrogen-bond donors (Lipinski definition) is 1. The van der Waals surface area contributed by atoms with Crippen LogP contribution in [0.25, 0.3) is 0 Å². The highest BCUT2D eigenvalue weighted by Gasteiger charge is 2.47. The van der Waals surface area contributed by atoms with E-state index in [1.54, 1.807) is 6.92 Å². The molecule has 6 heteroatoms. The molecule has 1 atom stereocenters. The highest BCUT2D eigenvalue weighted by Crippen LogP contribution is 2.48. The van der Waals surface area contributed by atoms with Crippen LogP contribution in [0.4, 0.5) is 8.78 Å². The number of benzene rings is 1. The Balaban J connectivity index is 2.11. The summed E-state index contributed by atoms with van der Waals surface area (Å²) in [5.74, 6) is -1.10. The van der Waals surface area contributed by atoms with Gasteiger partial charge < -0.3 is 14.6 Å². The lowest BCUT2D eigenvalue weighted by Gasteiger charge is -2.19. The summed E-state index contributed by atoms with van der Waals surface area (Å²) in [5.41, 5.74) is 0.195. The van der Waals surface area contributed by atoms with Gasteiger partial charge in [0.15, 0.2) is 11.5 Å². The van der Waals surface area contributed by atoms with E-state index in [1.807, 2.05) is 0 Å². The molecule has 1 aliphatic heterocycles. The van der Waals surface area contributed by atoms with Crippen LogP contribution in [0.5, 0.6) is 11.5 Å². The van der Waals surface area contributed by atoms with Gasteiger partial charge in [-0.05, 0) is 43.0 Å². The van der Waals surface area contributed by atoms with Crippen molar-refractivity contribution in [3.63, 3.8) is 0 Å². The molecule has 0 radical (unpaired) electrons. The maximum absolute atomic E-state index is 12.9. The molecule has 1 N–H and O–H groups in total. The zero-order valence-electron chi connectivity index (χ0n) is 9.50. The molecule has 1 aromatic rings. The lowest BCUT2D eigenvalue weighted by Crippen LogP contribution is -2.29. The summed E-state index contributed by atoms with van der Waals surface area (Å²) in [6.07, 6.45) is -2.70. The highest BCUT2D eigenvalue weighted by atomic mass is 19.3. The normalized spacial score (nSPS) is 27.1. The molecule has 0 fully saturated rings. The zero-order valence-corrected chi connectivity index (χ0v) is 9.50. The van der Waals surface area contributed by atoms with E-state index in [0.717, 1.165) is 5.56 Å². The van der Waals surface area contributed by atoms with Crippen LogP contribution in [0, 0.1) is 0 Å². The molecular weight excluding hydrogens is 246 g/mol. The molecule has 0 bridgehead atoms. The Morgan fingerprint density at radius 1 is 1.33 bits per heavy atom. The van der Waals surface area contributed by atoms with Crippen LogP contribution in [0.2, 0.25) is 0 Å². The van der Waals surface area contributed by atoms with Gasteiger partial charge in [-0.1, -0.05) is 0 Å². The fraction of sp³-hybridized carbons (Fsp3) is 0.417. The largest absolute Gasteiger partial charge is 0.586 e. The van der Waals surface area contributed by atoms with E-state index < -0.39 is 17.7 Å². The standard InChI is InChI=1S/C12H10F2O4/c1-11(10(15)16)3-2-6-4-8-9(5-7(6)11)18-12(13,14)17-8/h4-5H,2-3H2,1H3,(H,15,16)/t11-/m1/s1. The van der Waals surface area contributed by atoms with Crippen molar-refractivity contribution in [3.05, 3.63) is 23.3 Å². The fourth-order valence-electron chi connectivity index (χ4n) is 2.50. The molecule has 0 saturated carbocycles. The van der Waals surface area contributed by atoms with E-state index in [0.29, 0.717) is 18.4 Å². The minimum absolute atomic E-state index is 0.0339. The molecule has 0 amide bonds. The summed E-state index contributed by atoms with van der Waals surface area (Å²) in [7, 11) is 0. The summed E-state index contributed by atoms with van der Waals surface area (Å²) in [6.45, 7) is 1.58. The van der Waals surface area contributed by atoms with Crippen LogP contribution < -0.4 is 9.47 Å². The number of carboxylic acids is 1. The first-order valence-electron chi connectivity index (χ1n) is 5.48. The van der Waals surface area contributed by atoms with Crippen LogP contribution in [0.1, 0.15) is 24.5 Å². The zero-order chi connectivity index (χ0) is 13.1. The Morgan fingerprint density at radius 2 is 1.94 bits per heavy atom. The number of carboxylic acid groups (broad SMARTS) is 1. The first-order chi connectivity index (χ1) is 8.32. The molecule has 4 nitrogen and oxygen atoms in total. The fourth-order valence-corrected chi connectivity index (χ4v) is 2.50. The number of fused-ring (bicyclic) bond motifs is 2. The van der Waals surface area contributed by atoms with Gasteiger partial charge in [0.25, 0.3) is 0 Å². The van der Waals surface area contributed by atoms with Crippen LogP contribution in [0.3, 0.4) is 0 Å². The van der Waals surface area contributed by atoms with Crippen molar-refractivity contribution in [2.45, 2.75) is 31.5 Å². The summed E-state index contributed by atoms with van der Waals surface area (Å²) in [4.78, 5) is 11.3. The molecular formula is C12H10F2O4.